The van der Waals surface area contributed by atoms with E-state index in [2.05, 4.69) is 9.97 Å². The molecule has 2 aromatic carbocycles. The summed E-state index contributed by atoms with van der Waals surface area (Å²) in [6.45, 7) is 3.74. The summed E-state index contributed by atoms with van der Waals surface area (Å²) in [5.74, 6) is 1.18. The molecule has 1 amide bonds. The standard InChI is InChI=1S/C22H23N3O3/c1-2-27-20-10-6-3-7-17(20)22(26)25-13-11-16(12-14-25)28-21-15-23-18-8-4-5-9-19(18)24-21/h3-10,15-16H,2,11-14H2,1H3. The molecule has 1 saturated heterocycles. The highest BCUT2D eigenvalue weighted by molar-refractivity contribution is 5.97. The van der Waals surface area contributed by atoms with Crippen LogP contribution in [0.25, 0.3) is 11.0 Å². The zero-order valence-corrected chi connectivity index (χ0v) is 15.9. The number of amides is 1. The molecule has 4 rings (SSSR count). The van der Waals surface area contributed by atoms with Crippen molar-refractivity contribution in [2.24, 2.45) is 0 Å². The average Bonchev–Trinajstić information content (AvgIpc) is 2.74. The Balaban J connectivity index is 1.38. The van der Waals surface area contributed by atoms with Gasteiger partial charge in [0.15, 0.2) is 0 Å². The molecule has 0 saturated carbocycles. The lowest BCUT2D eigenvalue weighted by Gasteiger charge is -2.32. The highest BCUT2D eigenvalue weighted by atomic mass is 16.5. The molecule has 0 spiro atoms. The molecule has 1 aromatic heterocycles. The van der Waals surface area contributed by atoms with E-state index in [4.69, 9.17) is 9.47 Å². The van der Waals surface area contributed by atoms with Crippen molar-refractivity contribution in [2.75, 3.05) is 19.7 Å². The SMILES string of the molecule is CCOc1ccccc1C(=O)N1CCC(Oc2cnc3ccccc3n2)CC1. The first-order valence-corrected chi connectivity index (χ1v) is 9.64. The molecule has 1 aliphatic rings. The third-order valence-electron chi connectivity index (χ3n) is 4.86. The molecule has 0 aliphatic carbocycles. The third kappa shape index (κ3) is 3.91. The van der Waals surface area contributed by atoms with E-state index in [-0.39, 0.29) is 12.0 Å². The Morgan fingerprint density at radius 2 is 1.79 bits per heavy atom. The minimum absolute atomic E-state index is 0.00740. The van der Waals surface area contributed by atoms with E-state index in [0.29, 0.717) is 36.9 Å². The van der Waals surface area contributed by atoms with Crippen LogP contribution in [0.5, 0.6) is 11.6 Å². The quantitative estimate of drug-likeness (QED) is 0.678. The summed E-state index contributed by atoms with van der Waals surface area (Å²) in [6.07, 6.45) is 3.22. The minimum atomic E-state index is 0.00740. The van der Waals surface area contributed by atoms with Crippen LogP contribution in [0.2, 0.25) is 0 Å². The van der Waals surface area contributed by atoms with Gasteiger partial charge in [0.2, 0.25) is 5.88 Å². The van der Waals surface area contributed by atoms with Gasteiger partial charge in [0.25, 0.3) is 5.91 Å². The molecule has 0 unspecified atom stereocenters. The maximum Gasteiger partial charge on any atom is 0.257 e. The average molecular weight is 377 g/mol. The summed E-state index contributed by atoms with van der Waals surface area (Å²) >= 11 is 0. The number of nitrogens with zero attached hydrogens (tertiary/aromatic N) is 3. The number of rotatable bonds is 5. The molecule has 1 aliphatic heterocycles. The number of ether oxygens (including phenoxy) is 2. The van der Waals surface area contributed by atoms with Gasteiger partial charge in [0.05, 0.1) is 29.4 Å². The van der Waals surface area contributed by atoms with E-state index >= 15 is 0 Å². The molecule has 1 fully saturated rings. The van der Waals surface area contributed by atoms with E-state index in [1.54, 1.807) is 6.20 Å². The van der Waals surface area contributed by atoms with Crippen LogP contribution in [-0.4, -0.2) is 46.6 Å². The summed E-state index contributed by atoms with van der Waals surface area (Å²) in [5, 5.41) is 0. The van der Waals surface area contributed by atoms with Gasteiger partial charge in [-0.1, -0.05) is 24.3 Å². The van der Waals surface area contributed by atoms with Gasteiger partial charge in [-0.3, -0.25) is 4.79 Å². The normalized spacial score (nSPS) is 14.8. The molecular formula is C22H23N3O3. The number of likely N-dealkylation sites (tertiary alicyclic amines) is 1. The molecule has 2 heterocycles. The van der Waals surface area contributed by atoms with Crippen molar-refractivity contribution in [3.63, 3.8) is 0 Å². The van der Waals surface area contributed by atoms with E-state index < -0.39 is 0 Å². The van der Waals surface area contributed by atoms with Crippen molar-refractivity contribution >= 4 is 16.9 Å². The summed E-state index contributed by atoms with van der Waals surface area (Å²) in [5.41, 5.74) is 2.28. The molecule has 0 atom stereocenters. The number of benzene rings is 2. The molecule has 0 N–H and O–H groups in total. The second-order valence-corrected chi connectivity index (χ2v) is 6.74. The summed E-state index contributed by atoms with van der Waals surface area (Å²) in [6, 6.07) is 15.1. The van der Waals surface area contributed by atoms with Crippen molar-refractivity contribution in [1.29, 1.82) is 0 Å². The Bertz CT molecular complexity index is 968. The number of piperidine rings is 1. The second kappa shape index (κ2) is 8.25. The van der Waals surface area contributed by atoms with E-state index in [1.165, 1.54) is 0 Å². The molecule has 3 aromatic rings. The zero-order valence-electron chi connectivity index (χ0n) is 15.9. The fourth-order valence-electron chi connectivity index (χ4n) is 3.44. The molecule has 6 nitrogen and oxygen atoms in total. The highest BCUT2D eigenvalue weighted by Crippen LogP contribution is 2.24. The van der Waals surface area contributed by atoms with Gasteiger partial charge >= 0.3 is 0 Å². The zero-order chi connectivity index (χ0) is 19.3. The topological polar surface area (TPSA) is 64.5 Å². The number of carbonyl (C=O) groups is 1. The Morgan fingerprint density at radius 1 is 1.07 bits per heavy atom. The van der Waals surface area contributed by atoms with Crippen molar-refractivity contribution in [3.8, 4) is 11.6 Å². The number of hydrogen-bond donors (Lipinski definition) is 0. The van der Waals surface area contributed by atoms with Gasteiger partial charge in [-0.05, 0) is 31.2 Å². The predicted molar refractivity (Wildman–Crippen MR) is 107 cm³/mol. The van der Waals surface area contributed by atoms with Gasteiger partial charge in [0.1, 0.15) is 11.9 Å². The Kier molecular flexibility index (Phi) is 5.37. The van der Waals surface area contributed by atoms with Crippen LogP contribution in [-0.2, 0) is 0 Å². The monoisotopic (exact) mass is 377 g/mol. The summed E-state index contributed by atoms with van der Waals surface area (Å²) in [7, 11) is 0. The van der Waals surface area contributed by atoms with E-state index in [9.17, 15) is 4.79 Å². The van der Waals surface area contributed by atoms with Crippen LogP contribution in [0.4, 0.5) is 0 Å². The molecule has 28 heavy (non-hydrogen) atoms. The molecule has 144 valence electrons. The van der Waals surface area contributed by atoms with Gasteiger partial charge in [0, 0.05) is 25.9 Å². The first-order valence-electron chi connectivity index (χ1n) is 9.64. The van der Waals surface area contributed by atoms with Crippen molar-refractivity contribution in [1.82, 2.24) is 14.9 Å². The number of fused-ring (bicyclic) bond motifs is 1. The molecule has 0 bridgehead atoms. The van der Waals surface area contributed by atoms with Crippen molar-refractivity contribution < 1.29 is 14.3 Å². The number of para-hydroxylation sites is 3. The lowest BCUT2D eigenvalue weighted by atomic mass is 10.1. The fourth-order valence-corrected chi connectivity index (χ4v) is 3.44. The van der Waals surface area contributed by atoms with Gasteiger partial charge in [-0.15, -0.1) is 0 Å². The summed E-state index contributed by atoms with van der Waals surface area (Å²) in [4.78, 5) is 23.7. The highest BCUT2D eigenvalue weighted by Gasteiger charge is 2.26. The molecular weight excluding hydrogens is 354 g/mol. The molecule has 6 heteroatoms. The third-order valence-corrected chi connectivity index (χ3v) is 4.86. The van der Waals surface area contributed by atoms with Crippen molar-refractivity contribution in [2.45, 2.75) is 25.9 Å². The van der Waals surface area contributed by atoms with Crippen LogP contribution in [0, 0.1) is 0 Å². The van der Waals surface area contributed by atoms with Crippen LogP contribution in [0.1, 0.15) is 30.1 Å². The maximum atomic E-state index is 12.9. The Morgan fingerprint density at radius 3 is 2.57 bits per heavy atom. The first-order chi connectivity index (χ1) is 13.7. The molecule has 0 radical (unpaired) electrons. The van der Waals surface area contributed by atoms with Crippen LogP contribution < -0.4 is 9.47 Å². The van der Waals surface area contributed by atoms with Crippen molar-refractivity contribution in [3.05, 3.63) is 60.3 Å². The van der Waals surface area contributed by atoms with E-state index in [1.807, 2.05) is 60.4 Å². The minimum Gasteiger partial charge on any atom is -0.493 e. The number of carbonyl (C=O) groups excluding carboxylic acids is 1. The second-order valence-electron chi connectivity index (χ2n) is 6.74. The lowest BCUT2D eigenvalue weighted by Crippen LogP contribution is -2.42. The fraction of sp³-hybridized carbons (Fsp3) is 0.318. The maximum absolute atomic E-state index is 12.9. The van der Waals surface area contributed by atoms with Crippen LogP contribution >= 0.6 is 0 Å². The first kappa shape index (κ1) is 18.2. The summed E-state index contributed by atoms with van der Waals surface area (Å²) < 4.78 is 11.6. The Labute approximate surface area is 164 Å². The van der Waals surface area contributed by atoms with Gasteiger partial charge < -0.3 is 14.4 Å². The Hall–Kier alpha value is -3.15. The number of aromatic nitrogens is 2. The van der Waals surface area contributed by atoms with Crippen LogP contribution in [0.3, 0.4) is 0 Å². The van der Waals surface area contributed by atoms with Gasteiger partial charge in [-0.25, -0.2) is 9.97 Å². The smallest absolute Gasteiger partial charge is 0.257 e. The van der Waals surface area contributed by atoms with Gasteiger partial charge in [-0.2, -0.15) is 0 Å². The predicted octanol–water partition coefficient (Wildman–Crippen LogP) is 3.71. The largest absolute Gasteiger partial charge is 0.493 e. The van der Waals surface area contributed by atoms with Crippen LogP contribution in [0.15, 0.2) is 54.7 Å². The van der Waals surface area contributed by atoms with E-state index in [0.717, 1.165) is 23.9 Å². The number of hydrogen-bond acceptors (Lipinski definition) is 5. The lowest BCUT2D eigenvalue weighted by molar-refractivity contribution is 0.0584.